The molecule has 0 aromatic heterocycles. The van der Waals surface area contributed by atoms with Gasteiger partial charge in [-0.25, -0.2) is 4.79 Å². The summed E-state index contributed by atoms with van der Waals surface area (Å²) in [4.78, 5) is 25.5. The van der Waals surface area contributed by atoms with Crippen LogP contribution in [-0.2, 0) is 14.3 Å². The number of hydrogen-bond donors (Lipinski definition) is 0. The zero-order valence-corrected chi connectivity index (χ0v) is 12.6. The van der Waals surface area contributed by atoms with Crippen LogP contribution in [0.1, 0.15) is 48.0 Å². The quantitative estimate of drug-likeness (QED) is 0.573. The van der Waals surface area contributed by atoms with Crippen LogP contribution in [0.15, 0.2) is 11.3 Å². The third-order valence-electron chi connectivity index (χ3n) is 2.76. The van der Waals surface area contributed by atoms with Gasteiger partial charge in [0, 0.05) is 18.2 Å². The molecule has 0 radical (unpaired) electrons. The highest BCUT2D eigenvalue weighted by molar-refractivity contribution is 5.91. The van der Waals surface area contributed by atoms with E-state index in [0.717, 1.165) is 0 Å². The molecule has 4 heteroatoms. The largest absolute Gasteiger partial charge is 0.463 e. The summed E-state index contributed by atoms with van der Waals surface area (Å²) in [5, 5.41) is 0. The molecule has 0 fully saturated rings. The van der Waals surface area contributed by atoms with E-state index in [-0.39, 0.29) is 11.9 Å². The third-order valence-corrected chi connectivity index (χ3v) is 2.76. The number of esters is 1. The third kappa shape index (κ3) is 4.17. The van der Waals surface area contributed by atoms with Gasteiger partial charge in [-0.3, -0.25) is 4.79 Å². The summed E-state index contributed by atoms with van der Waals surface area (Å²) in [7, 11) is 1.69. The smallest absolute Gasteiger partial charge is 0.335 e. The molecule has 0 aliphatic carbocycles. The molecule has 0 aromatic rings. The molecule has 0 spiro atoms. The minimum atomic E-state index is -0.469. The Morgan fingerprint density at radius 3 is 2.00 bits per heavy atom. The number of ether oxygens (including phenoxy) is 1. The number of rotatable bonds is 4. The molecule has 0 N–H and O–H groups in total. The maximum atomic E-state index is 12.1. The van der Waals surface area contributed by atoms with Gasteiger partial charge in [0.1, 0.15) is 0 Å². The highest BCUT2D eigenvalue weighted by atomic mass is 16.5. The molecule has 18 heavy (non-hydrogen) atoms. The second kappa shape index (κ2) is 6.57. The maximum absolute atomic E-state index is 12.1. The normalized spacial score (nSPS) is 12.8. The summed E-state index contributed by atoms with van der Waals surface area (Å²) in [6, 6.07) is 0. The summed E-state index contributed by atoms with van der Waals surface area (Å²) in [6.07, 6.45) is 0.548. The van der Waals surface area contributed by atoms with E-state index in [1.807, 2.05) is 27.7 Å². The Hall–Kier alpha value is -1.32. The summed E-state index contributed by atoms with van der Waals surface area (Å²) in [5.41, 5.74) is 0.747. The van der Waals surface area contributed by atoms with Crippen molar-refractivity contribution in [1.82, 2.24) is 4.90 Å². The van der Waals surface area contributed by atoms with Crippen LogP contribution in [0.5, 0.6) is 0 Å². The topological polar surface area (TPSA) is 46.6 Å². The van der Waals surface area contributed by atoms with Gasteiger partial charge in [-0.1, -0.05) is 27.7 Å². The Labute approximate surface area is 110 Å². The van der Waals surface area contributed by atoms with Crippen LogP contribution in [0.4, 0.5) is 0 Å². The summed E-state index contributed by atoms with van der Waals surface area (Å²) >= 11 is 0. The molecule has 0 bridgehead atoms. The average Bonchev–Trinajstić information content (AvgIpc) is 2.27. The van der Waals surface area contributed by atoms with Crippen LogP contribution >= 0.6 is 0 Å². The lowest BCUT2D eigenvalue weighted by Crippen LogP contribution is -2.36. The summed E-state index contributed by atoms with van der Waals surface area (Å²) < 4.78 is 5.00. The van der Waals surface area contributed by atoms with E-state index < -0.39 is 5.41 Å². The van der Waals surface area contributed by atoms with E-state index in [1.54, 1.807) is 20.9 Å². The first-order chi connectivity index (χ1) is 8.16. The number of carbonyl (C=O) groups excluding carboxylic acids is 2. The molecule has 1 amide bonds. The predicted octanol–water partition coefficient (Wildman–Crippen LogP) is 2.74. The van der Waals surface area contributed by atoms with E-state index in [9.17, 15) is 9.59 Å². The van der Waals surface area contributed by atoms with Gasteiger partial charge in [0.15, 0.2) is 0 Å². The molecule has 0 saturated heterocycles. The second-order valence-corrected chi connectivity index (χ2v) is 5.25. The van der Waals surface area contributed by atoms with E-state index in [1.165, 1.54) is 4.90 Å². The van der Waals surface area contributed by atoms with Crippen LogP contribution in [0.25, 0.3) is 0 Å². The Kier molecular flexibility index (Phi) is 6.09. The summed E-state index contributed by atoms with van der Waals surface area (Å²) in [5.74, 6) is -0.360. The number of hydrogen-bond acceptors (Lipinski definition) is 3. The van der Waals surface area contributed by atoms with Crippen molar-refractivity contribution in [3.8, 4) is 0 Å². The van der Waals surface area contributed by atoms with Crippen LogP contribution < -0.4 is 0 Å². The van der Waals surface area contributed by atoms with Crippen LogP contribution in [0.2, 0.25) is 0 Å². The fourth-order valence-electron chi connectivity index (χ4n) is 1.62. The lowest BCUT2D eigenvalue weighted by molar-refractivity contribution is -0.139. The molecule has 0 aliphatic heterocycles. The van der Waals surface area contributed by atoms with Gasteiger partial charge in [0.05, 0.1) is 12.2 Å². The van der Waals surface area contributed by atoms with Crippen molar-refractivity contribution in [2.24, 2.45) is 5.41 Å². The minimum Gasteiger partial charge on any atom is -0.463 e. The molecular formula is C14H25NO3. The molecule has 0 saturated carbocycles. The Morgan fingerprint density at radius 1 is 1.17 bits per heavy atom. The van der Waals surface area contributed by atoms with Crippen molar-refractivity contribution < 1.29 is 14.3 Å². The Morgan fingerprint density at radius 2 is 1.67 bits per heavy atom. The first kappa shape index (κ1) is 16.7. The van der Waals surface area contributed by atoms with Crippen LogP contribution in [0.3, 0.4) is 0 Å². The SMILES string of the molecule is CCOC(=O)/C(CC)=C(/C)N(C)C(=O)C(C)(C)C. The van der Waals surface area contributed by atoms with E-state index in [0.29, 0.717) is 24.3 Å². The first-order valence-electron chi connectivity index (χ1n) is 6.31. The molecule has 0 unspecified atom stereocenters. The van der Waals surface area contributed by atoms with Gasteiger partial charge in [-0.15, -0.1) is 0 Å². The fraction of sp³-hybridized carbons (Fsp3) is 0.714. The van der Waals surface area contributed by atoms with Gasteiger partial charge in [0.2, 0.25) is 5.91 Å². The van der Waals surface area contributed by atoms with Crippen molar-refractivity contribution in [3.63, 3.8) is 0 Å². The molecule has 0 rings (SSSR count). The highest BCUT2D eigenvalue weighted by Crippen LogP contribution is 2.22. The molecule has 4 nitrogen and oxygen atoms in total. The van der Waals surface area contributed by atoms with E-state index in [4.69, 9.17) is 4.74 Å². The van der Waals surface area contributed by atoms with Crippen molar-refractivity contribution in [3.05, 3.63) is 11.3 Å². The average molecular weight is 255 g/mol. The summed E-state index contributed by atoms with van der Waals surface area (Å²) in [6.45, 7) is 11.3. The molecule has 104 valence electrons. The van der Waals surface area contributed by atoms with Crippen molar-refractivity contribution in [2.75, 3.05) is 13.7 Å². The molecule has 0 aliphatic rings. The molecule has 0 aromatic carbocycles. The molecule has 0 atom stereocenters. The van der Waals surface area contributed by atoms with Crippen molar-refractivity contribution in [1.29, 1.82) is 0 Å². The number of carbonyl (C=O) groups is 2. The number of amides is 1. The lowest BCUT2D eigenvalue weighted by atomic mass is 9.94. The van der Waals surface area contributed by atoms with Gasteiger partial charge in [0.25, 0.3) is 0 Å². The van der Waals surface area contributed by atoms with E-state index >= 15 is 0 Å². The first-order valence-corrected chi connectivity index (χ1v) is 6.31. The Bertz CT molecular complexity index is 351. The minimum absolute atomic E-state index is 0.0183. The van der Waals surface area contributed by atoms with Gasteiger partial charge in [-0.2, -0.15) is 0 Å². The van der Waals surface area contributed by atoms with Crippen LogP contribution in [0, 0.1) is 5.41 Å². The standard InChI is InChI=1S/C14H25NO3/c1-8-11(12(16)18-9-2)10(3)15(7)13(17)14(4,5)6/h8-9H2,1-7H3/b11-10-. The highest BCUT2D eigenvalue weighted by Gasteiger charge is 2.27. The van der Waals surface area contributed by atoms with Gasteiger partial charge >= 0.3 is 5.97 Å². The predicted molar refractivity (Wildman–Crippen MR) is 71.8 cm³/mol. The lowest BCUT2D eigenvalue weighted by Gasteiger charge is -2.27. The van der Waals surface area contributed by atoms with Crippen molar-refractivity contribution in [2.45, 2.75) is 48.0 Å². The second-order valence-electron chi connectivity index (χ2n) is 5.25. The van der Waals surface area contributed by atoms with E-state index in [2.05, 4.69) is 0 Å². The van der Waals surface area contributed by atoms with Crippen molar-refractivity contribution >= 4 is 11.9 Å². The fourth-order valence-corrected chi connectivity index (χ4v) is 1.62. The van der Waals surface area contributed by atoms with Gasteiger partial charge in [-0.05, 0) is 20.3 Å². The zero-order valence-electron chi connectivity index (χ0n) is 12.6. The molecular weight excluding hydrogens is 230 g/mol. The zero-order chi connectivity index (χ0) is 14.5. The molecule has 0 heterocycles. The van der Waals surface area contributed by atoms with Crippen LogP contribution in [-0.4, -0.2) is 30.4 Å². The van der Waals surface area contributed by atoms with Gasteiger partial charge < -0.3 is 9.64 Å². The number of nitrogens with zero attached hydrogens (tertiary/aromatic N) is 1. The maximum Gasteiger partial charge on any atom is 0.335 e. The Balaban J connectivity index is 5.24. The monoisotopic (exact) mass is 255 g/mol. The number of allylic oxidation sites excluding steroid dienone is 1.